The maximum absolute atomic E-state index is 2.38. The molecule has 0 aliphatic carbocycles. The van der Waals surface area contributed by atoms with Crippen LogP contribution in [0.3, 0.4) is 0 Å². The summed E-state index contributed by atoms with van der Waals surface area (Å²) in [6, 6.07) is 4.71. The van der Waals surface area contributed by atoms with Crippen molar-refractivity contribution in [3.63, 3.8) is 0 Å². The lowest BCUT2D eigenvalue weighted by atomic mass is 10.0. The van der Waals surface area contributed by atoms with Gasteiger partial charge in [-0.25, -0.2) is 4.57 Å². The fourth-order valence-electron chi connectivity index (χ4n) is 4.58. The largest absolute Gasteiger partial charge is 0.205 e. The molecule has 0 saturated carbocycles. The lowest BCUT2D eigenvalue weighted by Gasteiger charge is -2.04. The molecule has 0 saturated heterocycles. The first-order valence-electron chi connectivity index (χ1n) is 14.3. The summed E-state index contributed by atoms with van der Waals surface area (Å²) in [6.45, 7) is 5.78. The van der Waals surface area contributed by atoms with E-state index in [1.165, 1.54) is 153 Å². The van der Waals surface area contributed by atoms with Crippen LogP contribution >= 0.6 is 0 Å². The maximum atomic E-state index is 2.38. The highest BCUT2D eigenvalue weighted by molar-refractivity contribution is 5.07. The zero-order valence-corrected chi connectivity index (χ0v) is 21.5. The van der Waals surface area contributed by atoms with Crippen LogP contribution in [-0.4, -0.2) is 0 Å². The Bertz CT molecular complexity index is 464. The normalized spacial score (nSPS) is 11.3. The van der Waals surface area contributed by atoms with E-state index in [0.29, 0.717) is 0 Å². The molecule has 0 aromatic carbocycles. The van der Waals surface area contributed by atoms with Gasteiger partial charge in [-0.05, 0) is 24.8 Å². The van der Waals surface area contributed by atoms with Crippen LogP contribution in [0.2, 0.25) is 0 Å². The van der Waals surface area contributed by atoms with Crippen molar-refractivity contribution in [3.05, 3.63) is 30.1 Å². The number of rotatable bonds is 23. The Balaban J connectivity index is 1.90. The predicted molar refractivity (Wildman–Crippen MR) is 139 cm³/mol. The Morgan fingerprint density at radius 3 is 1.23 bits per heavy atom. The molecule has 0 atom stereocenters. The minimum atomic E-state index is 1.19. The molecule has 0 amide bonds. The average molecular weight is 431 g/mol. The summed E-state index contributed by atoms with van der Waals surface area (Å²) in [4.78, 5) is 0. The quantitative estimate of drug-likeness (QED) is 0.120. The third-order valence-corrected chi connectivity index (χ3v) is 6.80. The van der Waals surface area contributed by atoms with Crippen LogP contribution in [0.1, 0.15) is 154 Å². The van der Waals surface area contributed by atoms with Gasteiger partial charge in [0.15, 0.2) is 12.4 Å². The second kappa shape index (κ2) is 22.3. The van der Waals surface area contributed by atoms with Crippen LogP contribution in [0.15, 0.2) is 24.5 Å². The summed E-state index contributed by atoms with van der Waals surface area (Å²) in [7, 11) is 0. The number of hydrogen-bond donors (Lipinski definition) is 0. The van der Waals surface area contributed by atoms with Crippen molar-refractivity contribution >= 4 is 0 Å². The third-order valence-electron chi connectivity index (χ3n) is 6.80. The summed E-state index contributed by atoms with van der Waals surface area (Å²) in [5, 5.41) is 0. The number of aromatic nitrogens is 1. The Morgan fingerprint density at radius 2 is 0.806 bits per heavy atom. The fraction of sp³-hybridized carbons (Fsp3) is 0.833. The zero-order valence-electron chi connectivity index (χ0n) is 21.5. The van der Waals surface area contributed by atoms with E-state index >= 15 is 0 Å². The summed E-state index contributed by atoms with van der Waals surface area (Å²) < 4.78 is 2.38. The van der Waals surface area contributed by atoms with Crippen LogP contribution in [0.5, 0.6) is 0 Å². The van der Waals surface area contributed by atoms with Gasteiger partial charge in [0.2, 0.25) is 0 Å². The molecular weight excluding hydrogens is 374 g/mol. The smallest absolute Gasteiger partial charge is 0.169 e. The first-order chi connectivity index (χ1) is 15.4. The molecule has 0 fully saturated rings. The molecule has 1 rings (SSSR count). The lowest BCUT2D eigenvalue weighted by Crippen LogP contribution is -2.32. The predicted octanol–water partition coefficient (Wildman–Crippen LogP) is 9.75. The number of hydrogen-bond acceptors (Lipinski definition) is 0. The third kappa shape index (κ3) is 18.4. The second-order valence-electron chi connectivity index (χ2n) is 9.91. The molecule has 1 aromatic heterocycles. The molecule has 0 spiro atoms. The van der Waals surface area contributed by atoms with Gasteiger partial charge in [-0.1, -0.05) is 129 Å². The van der Waals surface area contributed by atoms with Crippen LogP contribution in [0, 0.1) is 0 Å². The number of pyridine rings is 1. The molecule has 0 radical (unpaired) electrons. The molecule has 1 aromatic rings. The molecule has 1 heterocycles. The molecule has 0 aliphatic rings. The SMILES string of the molecule is CCCCCCCCCCCCC[n+]1ccc(CCCCCCCCCCCC)cc1. The van der Waals surface area contributed by atoms with E-state index in [9.17, 15) is 0 Å². The van der Waals surface area contributed by atoms with E-state index in [2.05, 4.69) is 42.9 Å². The van der Waals surface area contributed by atoms with Crippen LogP contribution in [0.25, 0.3) is 0 Å². The van der Waals surface area contributed by atoms with Crippen LogP contribution < -0.4 is 4.57 Å². The summed E-state index contributed by atoms with van der Waals surface area (Å²) in [5.74, 6) is 0. The molecule has 1 nitrogen and oxygen atoms in total. The first-order valence-corrected chi connectivity index (χ1v) is 14.3. The summed E-state index contributed by atoms with van der Waals surface area (Å²) in [6.07, 6.45) is 35.8. The monoisotopic (exact) mass is 430 g/mol. The molecule has 0 aliphatic heterocycles. The second-order valence-corrected chi connectivity index (χ2v) is 9.91. The van der Waals surface area contributed by atoms with E-state index in [-0.39, 0.29) is 0 Å². The van der Waals surface area contributed by atoms with E-state index in [0.717, 1.165) is 0 Å². The molecule has 1 heteroatoms. The Labute approximate surface area is 196 Å². The van der Waals surface area contributed by atoms with Crippen molar-refractivity contribution in [2.45, 2.75) is 162 Å². The van der Waals surface area contributed by atoms with Gasteiger partial charge in [0, 0.05) is 18.6 Å². The molecular formula is C30H56N+. The van der Waals surface area contributed by atoms with Gasteiger partial charge >= 0.3 is 0 Å². The highest BCUT2D eigenvalue weighted by Gasteiger charge is 2.02. The van der Waals surface area contributed by atoms with Gasteiger partial charge in [0.05, 0.1) is 0 Å². The first kappa shape index (κ1) is 28.2. The standard InChI is InChI=1S/C30H56N/c1-3-5-7-9-11-13-15-17-19-21-23-27-31-28-25-30(26-29-31)24-22-20-18-16-14-12-10-8-6-4-2/h25-26,28-29H,3-24,27H2,1-2H3/q+1. The summed E-state index contributed by atoms with van der Waals surface area (Å²) in [5.41, 5.74) is 1.52. The van der Waals surface area contributed by atoms with E-state index < -0.39 is 0 Å². The number of unbranched alkanes of at least 4 members (excludes halogenated alkanes) is 19. The Morgan fingerprint density at radius 1 is 0.452 bits per heavy atom. The zero-order chi connectivity index (χ0) is 22.2. The number of aryl methyl sites for hydroxylation is 2. The minimum absolute atomic E-state index is 1.19. The van der Waals surface area contributed by atoms with Gasteiger partial charge < -0.3 is 0 Å². The van der Waals surface area contributed by atoms with Gasteiger partial charge in [0.1, 0.15) is 6.54 Å². The van der Waals surface area contributed by atoms with E-state index in [4.69, 9.17) is 0 Å². The van der Waals surface area contributed by atoms with Gasteiger partial charge in [-0.3, -0.25) is 0 Å². The summed E-state index contributed by atoms with van der Waals surface area (Å²) >= 11 is 0. The van der Waals surface area contributed by atoms with E-state index in [1.807, 2.05) is 0 Å². The molecule has 180 valence electrons. The van der Waals surface area contributed by atoms with Crippen molar-refractivity contribution < 1.29 is 4.57 Å². The maximum Gasteiger partial charge on any atom is 0.169 e. The van der Waals surface area contributed by atoms with Gasteiger partial charge in [-0.15, -0.1) is 0 Å². The fourth-order valence-corrected chi connectivity index (χ4v) is 4.58. The topological polar surface area (TPSA) is 3.88 Å². The Hall–Kier alpha value is -0.850. The molecule has 0 unspecified atom stereocenters. The highest BCUT2D eigenvalue weighted by Crippen LogP contribution is 2.13. The van der Waals surface area contributed by atoms with E-state index in [1.54, 1.807) is 0 Å². The highest BCUT2D eigenvalue weighted by atomic mass is 14.9. The van der Waals surface area contributed by atoms with Crippen molar-refractivity contribution in [1.82, 2.24) is 0 Å². The van der Waals surface area contributed by atoms with Gasteiger partial charge in [-0.2, -0.15) is 0 Å². The minimum Gasteiger partial charge on any atom is -0.205 e. The molecule has 0 N–H and O–H groups in total. The number of nitrogens with zero attached hydrogens (tertiary/aromatic N) is 1. The van der Waals surface area contributed by atoms with Crippen LogP contribution in [0.4, 0.5) is 0 Å². The van der Waals surface area contributed by atoms with Crippen molar-refractivity contribution in [1.29, 1.82) is 0 Å². The molecule has 31 heavy (non-hydrogen) atoms. The lowest BCUT2D eigenvalue weighted by molar-refractivity contribution is -0.697. The van der Waals surface area contributed by atoms with Crippen LogP contribution in [-0.2, 0) is 13.0 Å². The van der Waals surface area contributed by atoms with Crippen molar-refractivity contribution in [3.8, 4) is 0 Å². The van der Waals surface area contributed by atoms with Crippen molar-refractivity contribution in [2.75, 3.05) is 0 Å². The Kier molecular flexibility index (Phi) is 20.3. The van der Waals surface area contributed by atoms with Gasteiger partial charge in [0.25, 0.3) is 0 Å². The average Bonchev–Trinajstić information content (AvgIpc) is 2.79. The van der Waals surface area contributed by atoms with Crippen molar-refractivity contribution in [2.24, 2.45) is 0 Å². The molecule has 0 bridgehead atoms.